The average Bonchev–Trinajstić information content (AvgIpc) is 2.48. The van der Waals surface area contributed by atoms with Crippen LogP contribution in [0.25, 0.3) is 0 Å². The fourth-order valence-corrected chi connectivity index (χ4v) is 1.72. The van der Waals surface area contributed by atoms with Gasteiger partial charge >= 0.3 is 12.1 Å². The van der Waals surface area contributed by atoms with E-state index in [-0.39, 0.29) is 18.0 Å². The van der Waals surface area contributed by atoms with Crippen LogP contribution >= 0.6 is 0 Å². The number of alkyl halides is 3. The second-order valence-electron chi connectivity index (χ2n) is 4.46. The summed E-state index contributed by atoms with van der Waals surface area (Å²) < 4.78 is 39.3. The summed E-state index contributed by atoms with van der Waals surface area (Å²) in [6.45, 7) is 0.0702. The fraction of sp³-hybridized carbons (Fsp3) is 0.133. The molecule has 0 atom stereocenters. The molecule has 0 saturated carbocycles. The van der Waals surface area contributed by atoms with Gasteiger partial charge in [-0.2, -0.15) is 22.8 Å². The van der Waals surface area contributed by atoms with Crippen LogP contribution in [-0.4, -0.2) is 12.1 Å². The Balaban J connectivity index is 1.94. The number of carbonyl (C=O) groups is 1. The Bertz CT molecular complexity index is 669. The highest BCUT2D eigenvalue weighted by molar-refractivity contribution is 5.82. The third-order valence-corrected chi connectivity index (χ3v) is 2.72. The van der Waals surface area contributed by atoms with Crippen molar-refractivity contribution in [1.29, 1.82) is 0 Å². The second kappa shape index (κ2) is 6.84. The molecule has 1 amide bonds. The van der Waals surface area contributed by atoms with Crippen LogP contribution in [-0.2, 0) is 17.5 Å². The third-order valence-electron chi connectivity index (χ3n) is 2.72. The van der Waals surface area contributed by atoms with E-state index in [2.05, 4.69) is 10.5 Å². The number of nitrogens with one attached hydrogen (secondary N) is 1. The maximum atomic E-state index is 12.5. The van der Waals surface area contributed by atoms with E-state index in [1.807, 2.05) is 6.07 Å². The number of hydrogen-bond acceptors (Lipinski definition) is 2. The Morgan fingerprint density at radius 2 is 1.91 bits per heavy atom. The van der Waals surface area contributed by atoms with Gasteiger partial charge in [0.1, 0.15) is 0 Å². The zero-order valence-corrected chi connectivity index (χ0v) is 11.4. The molecule has 0 bridgehead atoms. The van der Waals surface area contributed by atoms with Gasteiger partial charge in [0, 0.05) is 12.1 Å². The predicted molar refractivity (Wildman–Crippen MR) is 73.8 cm³/mol. The standard InChI is InChI=1S/C15H12F3N3O/c16-15(17,18)13-6-4-5-12(9-13)10-19-20-14(22)11-21-7-2-1-3-8-21/h1-10H,11H2/p+1/b19-10+. The van der Waals surface area contributed by atoms with Gasteiger partial charge in [0.15, 0.2) is 12.4 Å². The summed E-state index contributed by atoms with van der Waals surface area (Å²) in [4.78, 5) is 11.6. The smallest absolute Gasteiger partial charge is 0.266 e. The minimum absolute atomic E-state index is 0.0702. The molecule has 22 heavy (non-hydrogen) atoms. The van der Waals surface area contributed by atoms with E-state index in [4.69, 9.17) is 0 Å². The van der Waals surface area contributed by atoms with Crippen molar-refractivity contribution in [3.63, 3.8) is 0 Å². The topological polar surface area (TPSA) is 45.3 Å². The average molecular weight is 308 g/mol. The number of hydrazone groups is 1. The van der Waals surface area contributed by atoms with Crippen LogP contribution in [0.4, 0.5) is 13.2 Å². The minimum Gasteiger partial charge on any atom is -0.266 e. The van der Waals surface area contributed by atoms with Crippen molar-refractivity contribution in [2.45, 2.75) is 12.7 Å². The van der Waals surface area contributed by atoms with Gasteiger partial charge in [0.25, 0.3) is 0 Å². The van der Waals surface area contributed by atoms with Crippen LogP contribution < -0.4 is 9.99 Å². The van der Waals surface area contributed by atoms with Crippen LogP contribution in [0.5, 0.6) is 0 Å². The summed E-state index contributed by atoms with van der Waals surface area (Å²) in [5.41, 5.74) is 1.76. The van der Waals surface area contributed by atoms with Crippen molar-refractivity contribution in [3.8, 4) is 0 Å². The molecule has 1 aromatic heterocycles. The van der Waals surface area contributed by atoms with Crippen molar-refractivity contribution < 1.29 is 22.5 Å². The largest absolute Gasteiger partial charge is 0.416 e. The molecule has 0 unspecified atom stereocenters. The van der Waals surface area contributed by atoms with Gasteiger partial charge in [-0.3, -0.25) is 4.79 Å². The number of nitrogens with zero attached hydrogens (tertiary/aromatic N) is 2. The van der Waals surface area contributed by atoms with E-state index in [9.17, 15) is 18.0 Å². The first-order valence-electron chi connectivity index (χ1n) is 6.38. The zero-order chi connectivity index (χ0) is 16.0. The Morgan fingerprint density at radius 3 is 2.59 bits per heavy atom. The molecule has 2 aromatic rings. The molecular weight excluding hydrogens is 295 g/mol. The minimum atomic E-state index is -4.41. The summed E-state index contributed by atoms with van der Waals surface area (Å²) >= 11 is 0. The SMILES string of the molecule is O=C(C[n+]1ccccc1)N/N=C/c1cccc(C(F)(F)F)c1. The maximum absolute atomic E-state index is 12.5. The summed E-state index contributed by atoms with van der Waals surface area (Å²) in [5, 5.41) is 3.66. The van der Waals surface area contributed by atoms with Gasteiger partial charge in [-0.1, -0.05) is 18.2 Å². The van der Waals surface area contributed by atoms with Crippen LogP contribution in [0.1, 0.15) is 11.1 Å². The molecule has 114 valence electrons. The quantitative estimate of drug-likeness (QED) is 0.525. The number of pyridine rings is 1. The van der Waals surface area contributed by atoms with E-state index in [0.717, 1.165) is 12.1 Å². The summed E-state index contributed by atoms with van der Waals surface area (Å²) in [5.74, 6) is -0.376. The lowest BCUT2D eigenvalue weighted by Gasteiger charge is -2.06. The molecule has 0 aliphatic rings. The lowest BCUT2D eigenvalue weighted by atomic mass is 10.1. The first kappa shape index (κ1) is 15.7. The molecule has 0 aliphatic carbocycles. The van der Waals surface area contributed by atoms with E-state index < -0.39 is 11.7 Å². The molecule has 2 rings (SSSR count). The molecule has 1 N–H and O–H groups in total. The lowest BCUT2D eigenvalue weighted by Crippen LogP contribution is -2.40. The van der Waals surface area contributed by atoms with Gasteiger partial charge in [0.05, 0.1) is 11.8 Å². The van der Waals surface area contributed by atoms with Crippen LogP contribution in [0.15, 0.2) is 60.0 Å². The molecular formula is C15H13F3N3O+. The van der Waals surface area contributed by atoms with E-state index in [0.29, 0.717) is 0 Å². The van der Waals surface area contributed by atoms with Crippen molar-refractivity contribution >= 4 is 12.1 Å². The molecule has 0 radical (unpaired) electrons. The third kappa shape index (κ3) is 4.69. The van der Waals surface area contributed by atoms with Crippen LogP contribution in [0.2, 0.25) is 0 Å². The molecule has 1 heterocycles. The van der Waals surface area contributed by atoms with Crippen molar-refractivity contribution in [1.82, 2.24) is 5.43 Å². The Hall–Kier alpha value is -2.70. The van der Waals surface area contributed by atoms with Gasteiger partial charge in [-0.25, -0.2) is 5.43 Å². The number of benzene rings is 1. The lowest BCUT2D eigenvalue weighted by molar-refractivity contribution is -0.684. The predicted octanol–water partition coefficient (Wildman–Crippen LogP) is 2.14. The number of carbonyl (C=O) groups excluding carboxylic acids is 1. The molecule has 7 heteroatoms. The Kier molecular flexibility index (Phi) is 4.88. The van der Waals surface area contributed by atoms with Gasteiger partial charge in [-0.05, 0) is 17.7 Å². The van der Waals surface area contributed by atoms with Gasteiger partial charge in [-0.15, -0.1) is 0 Å². The first-order chi connectivity index (χ1) is 10.4. The van der Waals surface area contributed by atoms with E-state index in [1.54, 1.807) is 29.1 Å². The maximum Gasteiger partial charge on any atom is 0.416 e. The van der Waals surface area contributed by atoms with Crippen molar-refractivity contribution in [2.24, 2.45) is 5.10 Å². The number of amides is 1. The number of hydrogen-bond donors (Lipinski definition) is 1. The van der Waals surface area contributed by atoms with E-state index in [1.165, 1.54) is 18.3 Å². The van der Waals surface area contributed by atoms with Gasteiger partial charge < -0.3 is 0 Å². The first-order valence-corrected chi connectivity index (χ1v) is 6.38. The van der Waals surface area contributed by atoms with Crippen molar-refractivity contribution in [2.75, 3.05) is 0 Å². The molecule has 1 aromatic carbocycles. The molecule has 0 aliphatic heterocycles. The number of halogens is 3. The second-order valence-corrected chi connectivity index (χ2v) is 4.46. The summed E-state index contributed by atoms with van der Waals surface area (Å²) in [7, 11) is 0. The van der Waals surface area contributed by atoms with Crippen molar-refractivity contribution in [3.05, 3.63) is 66.0 Å². The molecule has 0 fully saturated rings. The number of aromatic nitrogens is 1. The summed E-state index contributed by atoms with van der Waals surface area (Å²) in [6, 6.07) is 10.1. The number of rotatable bonds is 4. The highest BCUT2D eigenvalue weighted by Gasteiger charge is 2.30. The molecule has 0 spiro atoms. The Morgan fingerprint density at radius 1 is 1.18 bits per heavy atom. The zero-order valence-electron chi connectivity index (χ0n) is 11.4. The molecule has 4 nitrogen and oxygen atoms in total. The molecule has 0 saturated heterocycles. The van der Waals surface area contributed by atoms with Crippen LogP contribution in [0.3, 0.4) is 0 Å². The fourth-order valence-electron chi connectivity index (χ4n) is 1.72. The normalized spacial score (nSPS) is 11.6. The van der Waals surface area contributed by atoms with Gasteiger partial charge in [0.2, 0.25) is 6.54 Å². The highest BCUT2D eigenvalue weighted by Crippen LogP contribution is 2.29. The summed E-state index contributed by atoms with van der Waals surface area (Å²) in [6.07, 6.45) is 0.200. The Labute approximate surface area is 124 Å². The highest BCUT2D eigenvalue weighted by atomic mass is 19.4. The van der Waals surface area contributed by atoms with E-state index >= 15 is 0 Å². The van der Waals surface area contributed by atoms with Crippen LogP contribution in [0, 0.1) is 0 Å². The monoisotopic (exact) mass is 308 g/mol.